The van der Waals surface area contributed by atoms with E-state index in [-0.39, 0.29) is 18.4 Å². The van der Waals surface area contributed by atoms with Gasteiger partial charge in [0.15, 0.2) is 0 Å². The van der Waals surface area contributed by atoms with Gasteiger partial charge in [-0.1, -0.05) is 44.7 Å². The number of carbonyl (C=O) groups is 2. The molecule has 32 heavy (non-hydrogen) atoms. The van der Waals surface area contributed by atoms with Crippen molar-refractivity contribution in [3.8, 4) is 5.75 Å². The molecule has 0 radical (unpaired) electrons. The Morgan fingerprint density at radius 1 is 0.938 bits per heavy atom. The number of likely N-dealkylation sites (tertiary alicyclic amines) is 1. The zero-order valence-corrected chi connectivity index (χ0v) is 19.1. The fourth-order valence-electron chi connectivity index (χ4n) is 3.81. The molecule has 2 aromatic rings. The van der Waals surface area contributed by atoms with Gasteiger partial charge in [-0.3, -0.25) is 9.59 Å². The quantitative estimate of drug-likeness (QED) is 0.441. The number of carbonyl (C=O) groups excluding carboxylic acids is 2. The van der Waals surface area contributed by atoms with Gasteiger partial charge in [-0.25, -0.2) is 0 Å². The van der Waals surface area contributed by atoms with Gasteiger partial charge >= 0.3 is 0 Å². The number of unbranched alkanes of at least 4 members (excludes halogenated alkanes) is 4. The Bertz CT molecular complexity index is 878. The molecule has 0 atom stereocenters. The molecule has 2 amide bonds. The van der Waals surface area contributed by atoms with Crippen LogP contribution in [0.3, 0.4) is 0 Å². The molecule has 2 aromatic carbocycles. The first-order valence-electron chi connectivity index (χ1n) is 11.8. The molecular weight excluding hydrogens is 402 g/mol. The molecule has 0 spiro atoms. The summed E-state index contributed by atoms with van der Waals surface area (Å²) in [6.45, 7) is 4.66. The van der Waals surface area contributed by atoms with E-state index in [0.29, 0.717) is 17.9 Å². The number of nitrogens with one attached hydrogen (secondary N) is 2. The van der Waals surface area contributed by atoms with E-state index >= 15 is 0 Å². The summed E-state index contributed by atoms with van der Waals surface area (Å²) in [6, 6.07) is 14.8. The summed E-state index contributed by atoms with van der Waals surface area (Å²) in [7, 11) is 0. The highest BCUT2D eigenvalue weighted by atomic mass is 16.5. The van der Waals surface area contributed by atoms with E-state index in [1.165, 1.54) is 25.7 Å². The maximum Gasteiger partial charge on any atom is 0.253 e. The molecule has 1 saturated heterocycles. The van der Waals surface area contributed by atoms with Crippen LogP contribution in [0.15, 0.2) is 48.5 Å². The van der Waals surface area contributed by atoms with Gasteiger partial charge in [0.1, 0.15) is 5.75 Å². The van der Waals surface area contributed by atoms with Crippen molar-refractivity contribution in [3.63, 3.8) is 0 Å². The summed E-state index contributed by atoms with van der Waals surface area (Å²) in [5.74, 6) is 0.663. The predicted octanol–water partition coefficient (Wildman–Crippen LogP) is 5.32. The second-order valence-electron chi connectivity index (χ2n) is 8.27. The lowest BCUT2D eigenvalue weighted by Crippen LogP contribution is -2.27. The summed E-state index contributed by atoms with van der Waals surface area (Å²) in [5, 5.41) is 6.01. The average Bonchev–Trinajstić information content (AvgIpc) is 3.35. The Morgan fingerprint density at radius 3 is 2.50 bits per heavy atom. The third-order valence-electron chi connectivity index (χ3n) is 5.59. The first kappa shape index (κ1) is 23.6. The fourth-order valence-corrected chi connectivity index (χ4v) is 3.81. The predicted molar refractivity (Wildman–Crippen MR) is 129 cm³/mol. The fraction of sp³-hybridized carbons (Fsp3) is 0.462. The van der Waals surface area contributed by atoms with Crippen LogP contribution < -0.4 is 15.4 Å². The van der Waals surface area contributed by atoms with Gasteiger partial charge in [-0.05, 0) is 49.6 Å². The molecule has 0 bridgehead atoms. The summed E-state index contributed by atoms with van der Waals surface area (Å²) >= 11 is 0. The van der Waals surface area contributed by atoms with Crippen LogP contribution in [0.25, 0.3) is 0 Å². The Kier molecular flexibility index (Phi) is 9.41. The van der Waals surface area contributed by atoms with Gasteiger partial charge in [-0.2, -0.15) is 0 Å². The summed E-state index contributed by atoms with van der Waals surface area (Å²) in [5.41, 5.74) is 2.07. The van der Waals surface area contributed by atoms with Crippen LogP contribution >= 0.6 is 0 Å². The van der Waals surface area contributed by atoms with Crippen LogP contribution in [0.1, 0.15) is 62.2 Å². The van der Waals surface area contributed by atoms with Crippen molar-refractivity contribution in [2.75, 3.05) is 36.9 Å². The Labute approximate surface area is 191 Å². The molecule has 1 aliphatic heterocycles. The molecule has 172 valence electrons. The SMILES string of the molecule is CCCCCCCOc1cccc(NCC(=O)Nc2cccc(C(=O)N3CCCC3)c2)c1. The number of hydrogen-bond donors (Lipinski definition) is 2. The van der Waals surface area contributed by atoms with Crippen molar-refractivity contribution in [2.24, 2.45) is 0 Å². The lowest BCUT2D eigenvalue weighted by atomic mass is 10.1. The Hall–Kier alpha value is -3.02. The van der Waals surface area contributed by atoms with Gasteiger partial charge in [-0.15, -0.1) is 0 Å². The monoisotopic (exact) mass is 437 g/mol. The molecule has 6 heteroatoms. The zero-order chi connectivity index (χ0) is 22.6. The highest BCUT2D eigenvalue weighted by Gasteiger charge is 2.19. The van der Waals surface area contributed by atoms with Crippen molar-refractivity contribution < 1.29 is 14.3 Å². The number of ether oxygens (including phenoxy) is 1. The topological polar surface area (TPSA) is 70.7 Å². The number of hydrogen-bond acceptors (Lipinski definition) is 4. The molecule has 2 N–H and O–H groups in total. The van der Waals surface area contributed by atoms with Crippen LogP contribution in [0.4, 0.5) is 11.4 Å². The molecule has 1 heterocycles. The van der Waals surface area contributed by atoms with Crippen LogP contribution in [-0.2, 0) is 4.79 Å². The van der Waals surface area contributed by atoms with Gasteiger partial charge in [0.05, 0.1) is 13.2 Å². The third-order valence-corrected chi connectivity index (χ3v) is 5.59. The Balaban J connectivity index is 1.44. The Morgan fingerprint density at radius 2 is 1.69 bits per heavy atom. The van der Waals surface area contributed by atoms with Gasteiger partial charge < -0.3 is 20.3 Å². The van der Waals surface area contributed by atoms with E-state index in [2.05, 4.69) is 17.6 Å². The minimum Gasteiger partial charge on any atom is -0.494 e. The van der Waals surface area contributed by atoms with Crippen molar-refractivity contribution in [2.45, 2.75) is 51.9 Å². The van der Waals surface area contributed by atoms with Gasteiger partial charge in [0.25, 0.3) is 5.91 Å². The maximum atomic E-state index is 12.6. The first-order valence-corrected chi connectivity index (χ1v) is 11.8. The lowest BCUT2D eigenvalue weighted by Gasteiger charge is -2.16. The minimum absolute atomic E-state index is 0.0268. The molecule has 0 aliphatic carbocycles. The van der Waals surface area contributed by atoms with Crippen LogP contribution in [0.5, 0.6) is 5.75 Å². The van der Waals surface area contributed by atoms with Gasteiger partial charge in [0, 0.05) is 36.1 Å². The number of nitrogens with zero attached hydrogens (tertiary/aromatic N) is 1. The van der Waals surface area contributed by atoms with E-state index in [4.69, 9.17) is 4.74 Å². The largest absolute Gasteiger partial charge is 0.494 e. The van der Waals surface area contributed by atoms with E-state index in [1.54, 1.807) is 24.3 Å². The van der Waals surface area contributed by atoms with E-state index in [9.17, 15) is 9.59 Å². The van der Waals surface area contributed by atoms with Crippen molar-refractivity contribution >= 4 is 23.2 Å². The summed E-state index contributed by atoms with van der Waals surface area (Å²) < 4.78 is 5.83. The molecule has 0 unspecified atom stereocenters. The lowest BCUT2D eigenvalue weighted by molar-refractivity contribution is -0.114. The van der Waals surface area contributed by atoms with E-state index < -0.39 is 0 Å². The standard InChI is InChI=1S/C26H35N3O3/c1-2-3-4-5-8-17-32-24-14-10-12-22(19-24)27-20-25(30)28-23-13-9-11-21(18-23)26(31)29-15-6-7-16-29/h9-14,18-19,27H,2-8,15-17,20H2,1H3,(H,28,30). The van der Waals surface area contributed by atoms with Crippen molar-refractivity contribution in [3.05, 3.63) is 54.1 Å². The van der Waals surface area contributed by atoms with E-state index in [1.807, 2.05) is 29.2 Å². The molecule has 3 rings (SSSR count). The molecular formula is C26H35N3O3. The molecule has 1 fully saturated rings. The summed E-state index contributed by atoms with van der Waals surface area (Å²) in [4.78, 5) is 26.8. The van der Waals surface area contributed by atoms with Crippen LogP contribution in [-0.4, -0.2) is 43.0 Å². The number of rotatable bonds is 12. The number of anilines is 2. The first-order chi connectivity index (χ1) is 15.7. The number of benzene rings is 2. The maximum absolute atomic E-state index is 12.6. The average molecular weight is 438 g/mol. The molecule has 0 aromatic heterocycles. The third kappa shape index (κ3) is 7.59. The van der Waals surface area contributed by atoms with Crippen LogP contribution in [0.2, 0.25) is 0 Å². The van der Waals surface area contributed by atoms with Gasteiger partial charge in [0.2, 0.25) is 5.91 Å². The smallest absolute Gasteiger partial charge is 0.253 e. The van der Waals surface area contributed by atoms with Crippen molar-refractivity contribution in [1.82, 2.24) is 4.90 Å². The molecule has 1 aliphatic rings. The highest BCUT2D eigenvalue weighted by molar-refractivity contribution is 5.98. The van der Waals surface area contributed by atoms with E-state index in [0.717, 1.165) is 43.8 Å². The molecule has 6 nitrogen and oxygen atoms in total. The molecule has 0 saturated carbocycles. The second kappa shape index (κ2) is 12.7. The normalized spacial score (nSPS) is 13.1. The number of amides is 2. The van der Waals surface area contributed by atoms with Crippen molar-refractivity contribution in [1.29, 1.82) is 0 Å². The zero-order valence-electron chi connectivity index (χ0n) is 19.1. The minimum atomic E-state index is -0.169. The second-order valence-corrected chi connectivity index (χ2v) is 8.27. The highest BCUT2D eigenvalue weighted by Crippen LogP contribution is 2.19. The van der Waals surface area contributed by atoms with Crippen LogP contribution in [0, 0.1) is 0 Å². The summed E-state index contributed by atoms with van der Waals surface area (Å²) in [6.07, 6.45) is 8.13.